The molecule has 1 heterocycles. The molecule has 0 saturated carbocycles. The van der Waals surface area contributed by atoms with Gasteiger partial charge in [-0.3, -0.25) is 4.79 Å². The highest BCUT2D eigenvalue weighted by Gasteiger charge is 2.18. The van der Waals surface area contributed by atoms with E-state index in [2.05, 4.69) is 5.32 Å². The smallest absolute Gasteiger partial charge is 0.250 e. The van der Waals surface area contributed by atoms with Crippen LogP contribution in [0.5, 0.6) is 0 Å². The summed E-state index contributed by atoms with van der Waals surface area (Å²) in [4.78, 5) is 12.2. The zero-order valence-corrected chi connectivity index (χ0v) is 11.5. The summed E-state index contributed by atoms with van der Waals surface area (Å²) in [6.07, 6.45) is 4.59. The molecule has 2 N–H and O–H groups in total. The summed E-state index contributed by atoms with van der Waals surface area (Å²) in [6, 6.07) is 9.78. The molecule has 0 radical (unpaired) electrons. The first kappa shape index (κ1) is 14.6. The van der Waals surface area contributed by atoms with Crippen LogP contribution in [0.15, 0.2) is 42.2 Å². The van der Waals surface area contributed by atoms with E-state index in [1.807, 2.05) is 30.3 Å². The Hall–Kier alpha value is -1.81. The standard InChI is InChI=1S/C16H21NO3/c18-10-4-9-15(13-6-2-1-3-7-13)17-16(19)14-8-5-11-20-12-14/h1-3,6-7,12,15,18H,4-5,8-11H2,(H,17,19)/t15-/m0/s1. The Bertz CT molecular complexity index is 456. The van der Waals surface area contributed by atoms with Crippen molar-refractivity contribution in [2.24, 2.45) is 0 Å². The van der Waals surface area contributed by atoms with Crippen molar-refractivity contribution in [1.29, 1.82) is 0 Å². The maximum absolute atomic E-state index is 12.2. The number of carbonyl (C=O) groups is 1. The minimum Gasteiger partial charge on any atom is -0.501 e. The van der Waals surface area contributed by atoms with Gasteiger partial charge in [-0.15, -0.1) is 0 Å². The first-order valence-electron chi connectivity index (χ1n) is 7.08. The van der Waals surface area contributed by atoms with Crippen LogP contribution in [0.25, 0.3) is 0 Å². The van der Waals surface area contributed by atoms with E-state index < -0.39 is 0 Å². The molecule has 4 heteroatoms. The summed E-state index contributed by atoms with van der Waals surface area (Å²) in [6.45, 7) is 0.814. The number of rotatable bonds is 6. The van der Waals surface area contributed by atoms with Crippen molar-refractivity contribution in [2.75, 3.05) is 13.2 Å². The number of carbonyl (C=O) groups excluding carboxylic acids is 1. The molecule has 4 nitrogen and oxygen atoms in total. The second-order valence-corrected chi connectivity index (χ2v) is 4.92. The molecule has 108 valence electrons. The van der Waals surface area contributed by atoms with Crippen molar-refractivity contribution < 1.29 is 14.6 Å². The van der Waals surface area contributed by atoms with Gasteiger partial charge in [0.2, 0.25) is 0 Å². The molecule has 0 aliphatic carbocycles. The van der Waals surface area contributed by atoms with Gasteiger partial charge in [-0.2, -0.15) is 0 Å². The molecule has 2 rings (SSSR count). The van der Waals surface area contributed by atoms with Gasteiger partial charge in [-0.25, -0.2) is 0 Å². The summed E-state index contributed by atoms with van der Waals surface area (Å²) in [5.74, 6) is -0.0727. The summed E-state index contributed by atoms with van der Waals surface area (Å²) < 4.78 is 5.21. The van der Waals surface area contributed by atoms with Crippen LogP contribution in [0, 0.1) is 0 Å². The van der Waals surface area contributed by atoms with Crippen LogP contribution in [-0.4, -0.2) is 24.2 Å². The molecule has 1 aliphatic heterocycles. The number of nitrogens with one attached hydrogen (secondary N) is 1. The van der Waals surface area contributed by atoms with E-state index in [1.165, 1.54) is 0 Å². The summed E-state index contributed by atoms with van der Waals surface area (Å²) >= 11 is 0. The summed E-state index contributed by atoms with van der Waals surface area (Å²) in [5.41, 5.74) is 1.76. The number of aliphatic hydroxyl groups is 1. The SMILES string of the molecule is O=C(N[C@@H](CCCO)c1ccccc1)C1=COCCC1. The Morgan fingerprint density at radius 3 is 2.80 bits per heavy atom. The minimum atomic E-state index is -0.0727. The molecule has 1 aliphatic rings. The van der Waals surface area contributed by atoms with E-state index in [0.29, 0.717) is 18.6 Å². The van der Waals surface area contributed by atoms with Crippen LogP contribution in [0.2, 0.25) is 0 Å². The van der Waals surface area contributed by atoms with Crippen molar-refractivity contribution >= 4 is 5.91 Å². The molecule has 0 spiro atoms. The van der Waals surface area contributed by atoms with Crippen LogP contribution in [-0.2, 0) is 9.53 Å². The third-order valence-corrected chi connectivity index (χ3v) is 3.38. The Kier molecular flexibility index (Phi) is 5.62. The molecule has 0 aromatic heterocycles. The van der Waals surface area contributed by atoms with E-state index in [1.54, 1.807) is 6.26 Å². The van der Waals surface area contributed by atoms with Gasteiger partial charge in [0.05, 0.1) is 24.5 Å². The molecule has 0 unspecified atom stereocenters. The average Bonchev–Trinajstić information content (AvgIpc) is 2.53. The monoisotopic (exact) mass is 275 g/mol. The lowest BCUT2D eigenvalue weighted by atomic mass is 10.0. The molecule has 0 saturated heterocycles. The zero-order chi connectivity index (χ0) is 14.2. The van der Waals surface area contributed by atoms with Gasteiger partial charge >= 0.3 is 0 Å². The lowest BCUT2D eigenvalue weighted by Crippen LogP contribution is -2.30. The van der Waals surface area contributed by atoms with E-state index >= 15 is 0 Å². The Morgan fingerprint density at radius 1 is 1.35 bits per heavy atom. The molecule has 1 aromatic carbocycles. The Morgan fingerprint density at radius 2 is 2.15 bits per heavy atom. The van der Waals surface area contributed by atoms with Gasteiger partial charge in [0, 0.05) is 6.61 Å². The van der Waals surface area contributed by atoms with Gasteiger partial charge in [0.1, 0.15) is 0 Å². The van der Waals surface area contributed by atoms with E-state index in [4.69, 9.17) is 9.84 Å². The van der Waals surface area contributed by atoms with Gasteiger partial charge in [-0.05, 0) is 31.2 Å². The molecule has 0 bridgehead atoms. The topological polar surface area (TPSA) is 58.6 Å². The lowest BCUT2D eigenvalue weighted by Gasteiger charge is -2.21. The summed E-state index contributed by atoms with van der Waals surface area (Å²) in [7, 11) is 0. The van der Waals surface area contributed by atoms with E-state index in [0.717, 1.165) is 24.8 Å². The van der Waals surface area contributed by atoms with Crippen molar-refractivity contribution in [3.63, 3.8) is 0 Å². The van der Waals surface area contributed by atoms with Gasteiger partial charge in [0.25, 0.3) is 5.91 Å². The van der Waals surface area contributed by atoms with Crippen molar-refractivity contribution in [2.45, 2.75) is 31.7 Å². The highest BCUT2D eigenvalue weighted by atomic mass is 16.5. The minimum absolute atomic E-state index is 0.0707. The summed E-state index contributed by atoms with van der Waals surface area (Å²) in [5, 5.41) is 12.0. The fraction of sp³-hybridized carbons (Fsp3) is 0.438. The number of benzene rings is 1. The van der Waals surface area contributed by atoms with Crippen LogP contribution in [0.4, 0.5) is 0 Å². The predicted octanol–water partition coefficient (Wildman–Crippen LogP) is 2.31. The molecular formula is C16H21NO3. The molecule has 1 atom stereocenters. The molecule has 1 aromatic rings. The van der Waals surface area contributed by atoms with Gasteiger partial charge < -0.3 is 15.2 Å². The van der Waals surface area contributed by atoms with Crippen molar-refractivity contribution in [3.8, 4) is 0 Å². The predicted molar refractivity (Wildman–Crippen MR) is 76.9 cm³/mol. The number of amides is 1. The van der Waals surface area contributed by atoms with Crippen LogP contribution < -0.4 is 5.32 Å². The zero-order valence-electron chi connectivity index (χ0n) is 11.5. The van der Waals surface area contributed by atoms with E-state index in [9.17, 15) is 4.79 Å². The Labute approximate surface area is 119 Å². The maximum Gasteiger partial charge on any atom is 0.250 e. The first-order valence-corrected chi connectivity index (χ1v) is 7.08. The fourth-order valence-electron chi connectivity index (χ4n) is 2.29. The third kappa shape index (κ3) is 4.10. The molecular weight excluding hydrogens is 254 g/mol. The second-order valence-electron chi connectivity index (χ2n) is 4.92. The number of hydrogen-bond acceptors (Lipinski definition) is 3. The van der Waals surface area contributed by atoms with Crippen molar-refractivity contribution in [3.05, 3.63) is 47.7 Å². The second kappa shape index (κ2) is 7.70. The fourth-order valence-corrected chi connectivity index (χ4v) is 2.29. The average molecular weight is 275 g/mol. The number of ether oxygens (including phenoxy) is 1. The maximum atomic E-state index is 12.2. The van der Waals surface area contributed by atoms with Crippen LogP contribution in [0.3, 0.4) is 0 Å². The molecule has 0 fully saturated rings. The van der Waals surface area contributed by atoms with Crippen molar-refractivity contribution in [1.82, 2.24) is 5.32 Å². The quantitative estimate of drug-likeness (QED) is 0.837. The van der Waals surface area contributed by atoms with Crippen LogP contribution in [0.1, 0.15) is 37.3 Å². The Balaban J connectivity index is 2.03. The molecule has 20 heavy (non-hydrogen) atoms. The lowest BCUT2D eigenvalue weighted by molar-refractivity contribution is -0.118. The van der Waals surface area contributed by atoms with Gasteiger partial charge in [-0.1, -0.05) is 30.3 Å². The largest absolute Gasteiger partial charge is 0.501 e. The van der Waals surface area contributed by atoms with E-state index in [-0.39, 0.29) is 18.6 Å². The van der Waals surface area contributed by atoms with Crippen LogP contribution >= 0.6 is 0 Å². The molecule has 1 amide bonds. The third-order valence-electron chi connectivity index (χ3n) is 3.38. The van der Waals surface area contributed by atoms with Gasteiger partial charge in [0.15, 0.2) is 0 Å². The number of aliphatic hydroxyl groups excluding tert-OH is 1. The highest BCUT2D eigenvalue weighted by molar-refractivity contribution is 5.93. The number of hydrogen-bond donors (Lipinski definition) is 2. The normalized spacial score (nSPS) is 15.9. The highest BCUT2D eigenvalue weighted by Crippen LogP contribution is 2.20. The first-order chi connectivity index (χ1) is 9.81.